The molecule has 2 saturated carbocycles. The Hall–Kier alpha value is -1.89. The maximum absolute atomic E-state index is 6.23. The van der Waals surface area contributed by atoms with Crippen LogP contribution in [0.1, 0.15) is 82.9 Å². The average molecular weight is 413 g/mol. The van der Waals surface area contributed by atoms with E-state index in [-0.39, 0.29) is 0 Å². The van der Waals surface area contributed by atoms with E-state index < -0.39 is 0 Å². The van der Waals surface area contributed by atoms with Crippen LogP contribution in [0, 0.1) is 5.92 Å². The number of nitrogens with zero attached hydrogens (tertiary/aromatic N) is 5. The Morgan fingerprint density at radius 2 is 1.80 bits per heavy atom. The molecule has 0 spiro atoms. The molecule has 30 heavy (non-hydrogen) atoms. The van der Waals surface area contributed by atoms with Crippen LogP contribution < -0.4 is 15.0 Å². The summed E-state index contributed by atoms with van der Waals surface area (Å²) in [5, 5.41) is 8.49. The van der Waals surface area contributed by atoms with Crippen LogP contribution in [0.5, 0.6) is 5.88 Å². The number of anilines is 1. The summed E-state index contributed by atoms with van der Waals surface area (Å²) in [5.74, 6) is 4.57. The van der Waals surface area contributed by atoms with Gasteiger partial charge in [-0.15, -0.1) is 5.10 Å². The zero-order valence-electron chi connectivity index (χ0n) is 18.4. The monoisotopic (exact) mass is 412 g/mol. The van der Waals surface area contributed by atoms with Crippen LogP contribution >= 0.6 is 0 Å². The maximum atomic E-state index is 6.23. The number of rotatable bonds is 5. The largest absolute Gasteiger partial charge is 0.477 e. The molecule has 0 radical (unpaired) electrons. The summed E-state index contributed by atoms with van der Waals surface area (Å²) in [6.45, 7) is 5.90. The molecule has 1 unspecified atom stereocenters. The highest BCUT2D eigenvalue weighted by molar-refractivity contribution is 5.50. The van der Waals surface area contributed by atoms with Gasteiger partial charge in [-0.05, 0) is 38.5 Å². The lowest BCUT2D eigenvalue weighted by molar-refractivity contribution is 0.203. The molecule has 2 aromatic heterocycles. The highest BCUT2D eigenvalue weighted by Crippen LogP contribution is 2.32. The summed E-state index contributed by atoms with van der Waals surface area (Å²) in [7, 11) is 0. The van der Waals surface area contributed by atoms with Crippen molar-refractivity contribution in [2.24, 2.45) is 5.92 Å². The molecule has 2 aromatic rings. The molecule has 3 fully saturated rings. The lowest BCUT2D eigenvalue weighted by atomic mass is 9.89. The van der Waals surface area contributed by atoms with E-state index in [2.05, 4.69) is 23.2 Å². The van der Waals surface area contributed by atoms with Crippen LogP contribution in [0.4, 0.5) is 5.82 Å². The van der Waals surface area contributed by atoms with Gasteiger partial charge in [0, 0.05) is 37.7 Å². The van der Waals surface area contributed by atoms with E-state index in [9.17, 15) is 0 Å². The molecule has 3 aliphatic rings. The van der Waals surface area contributed by atoms with Crippen molar-refractivity contribution in [1.82, 2.24) is 24.9 Å². The Labute approximate surface area is 179 Å². The van der Waals surface area contributed by atoms with E-state index in [4.69, 9.17) is 19.8 Å². The van der Waals surface area contributed by atoms with E-state index in [0.717, 1.165) is 37.9 Å². The molecule has 1 aliphatic heterocycles. The van der Waals surface area contributed by atoms with Gasteiger partial charge in [-0.25, -0.2) is 0 Å². The Balaban J connectivity index is 1.44. The first-order chi connectivity index (χ1) is 14.8. The number of piperazine rings is 1. The summed E-state index contributed by atoms with van der Waals surface area (Å²) in [6, 6.07) is 2.54. The summed E-state index contributed by atoms with van der Waals surface area (Å²) in [5.41, 5.74) is 0. The predicted octanol–water partition coefficient (Wildman–Crippen LogP) is 3.93. The third-order valence-electron chi connectivity index (χ3n) is 7.14. The van der Waals surface area contributed by atoms with E-state index >= 15 is 0 Å². The van der Waals surface area contributed by atoms with Gasteiger partial charge in [0.25, 0.3) is 5.78 Å². The highest BCUT2D eigenvalue weighted by atomic mass is 16.5. The third kappa shape index (κ3) is 4.41. The van der Waals surface area contributed by atoms with Crippen molar-refractivity contribution in [3.8, 4) is 5.88 Å². The van der Waals surface area contributed by atoms with E-state index in [1.807, 2.05) is 4.52 Å². The SMILES string of the molecule is CC1CN(c2cc(OCC3CCCCC3)nc3nc(C4CCCCC4)nn23)CCN1. The average Bonchev–Trinajstić information content (AvgIpc) is 3.23. The third-order valence-corrected chi connectivity index (χ3v) is 7.14. The lowest BCUT2D eigenvalue weighted by Crippen LogP contribution is -2.49. The van der Waals surface area contributed by atoms with Crippen LogP contribution in [-0.4, -0.2) is 51.9 Å². The number of nitrogens with one attached hydrogen (secondary N) is 1. The van der Waals surface area contributed by atoms with Gasteiger partial charge in [0.05, 0.1) is 6.61 Å². The standard InChI is InChI=1S/C23H36N6O/c1-17-15-28(13-12-24-17)21-14-20(30-16-18-8-4-2-5-9-18)25-23-26-22(27-29(21)23)19-10-6-3-7-11-19/h14,17-19,24H,2-13,15-16H2,1H3. The molecule has 7 heteroatoms. The Morgan fingerprint density at radius 1 is 1.03 bits per heavy atom. The Bertz CT molecular complexity index is 840. The topological polar surface area (TPSA) is 67.6 Å². The minimum Gasteiger partial charge on any atom is -0.477 e. The Kier molecular flexibility index (Phi) is 6.07. The van der Waals surface area contributed by atoms with E-state index in [0.29, 0.717) is 29.5 Å². The van der Waals surface area contributed by atoms with Crippen LogP contribution in [0.2, 0.25) is 0 Å². The van der Waals surface area contributed by atoms with E-state index in [1.165, 1.54) is 64.2 Å². The fraction of sp³-hybridized carbons (Fsp3) is 0.783. The van der Waals surface area contributed by atoms with Gasteiger partial charge in [-0.3, -0.25) is 0 Å². The van der Waals surface area contributed by atoms with Gasteiger partial charge < -0.3 is 15.0 Å². The first-order valence-electron chi connectivity index (χ1n) is 12.1. The summed E-state index contributed by atoms with van der Waals surface area (Å²) >= 11 is 0. The lowest BCUT2D eigenvalue weighted by Gasteiger charge is -2.33. The minimum absolute atomic E-state index is 0.454. The number of fused-ring (bicyclic) bond motifs is 1. The molecule has 1 saturated heterocycles. The van der Waals surface area contributed by atoms with Gasteiger partial charge in [-0.1, -0.05) is 38.5 Å². The number of aromatic nitrogens is 4. The molecular formula is C23H36N6O. The van der Waals surface area contributed by atoms with Crippen molar-refractivity contribution in [3.05, 3.63) is 11.9 Å². The normalized spacial score (nSPS) is 24.4. The summed E-state index contributed by atoms with van der Waals surface area (Å²) in [6.07, 6.45) is 12.9. The summed E-state index contributed by atoms with van der Waals surface area (Å²) in [4.78, 5) is 12.1. The predicted molar refractivity (Wildman–Crippen MR) is 118 cm³/mol. The molecule has 3 heterocycles. The number of hydrogen-bond acceptors (Lipinski definition) is 6. The Morgan fingerprint density at radius 3 is 2.57 bits per heavy atom. The molecule has 164 valence electrons. The van der Waals surface area contributed by atoms with Crippen LogP contribution in [-0.2, 0) is 0 Å². The first-order valence-corrected chi connectivity index (χ1v) is 12.1. The number of ether oxygens (including phenoxy) is 1. The van der Waals surface area contributed by atoms with Gasteiger partial charge in [0.1, 0.15) is 5.82 Å². The smallest absolute Gasteiger partial charge is 0.257 e. The maximum Gasteiger partial charge on any atom is 0.257 e. The van der Waals surface area contributed by atoms with Crippen molar-refractivity contribution in [2.75, 3.05) is 31.1 Å². The van der Waals surface area contributed by atoms with Gasteiger partial charge in [0.15, 0.2) is 5.82 Å². The molecule has 0 amide bonds. The van der Waals surface area contributed by atoms with Crippen LogP contribution in [0.25, 0.3) is 5.78 Å². The van der Waals surface area contributed by atoms with Crippen molar-refractivity contribution in [2.45, 2.75) is 83.1 Å². The molecule has 7 nitrogen and oxygen atoms in total. The van der Waals surface area contributed by atoms with Crippen LogP contribution in [0.3, 0.4) is 0 Å². The second kappa shape index (κ2) is 9.08. The van der Waals surface area contributed by atoms with Gasteiger partial charge in [-0.2, -0.15) is 14.5 Å². The summed E-state index contributed by atoms with van der Waals surface area (Å²) < 4.78 is 8.20. The second-order valence-corrected chi connectivity index (χ2v) is 9.59. The van der Waals surface area contributed by atoms with Crippen molar-refractivity contribution >= 4 is 11.6 Å². The van der Waals surface area contributed by atoms with Gasteiger partial charge >= 0.3 is 0 Å². The fourth-order valence-electron chi connectivity index (χ4n) is 5.38. The molecule has 1 N–H and O–H groups in total. The quantitative estimate of drug-likeness (QED) is 0.803. The molecule has 1 atom stereocenters. The van der Waals surface area contributed by atoms with Gasteiger partial charge in [0.2, 0.25) is 5.88 Å². The molecule has 0 bridgehead atoms. The molecular weight excluding hydrogens is 376 g/mol. The molecule has 0 aromatic carbocycles. The van der Waals surface area contributed by atoms with Crippen molar-refractivity contribution in [1.29, 1.82) is 0 Å². The fourth-order valence-corrected chi connectivity index (χ4v) is 5.38. The van der Waals surface area contributed by atoms with E-state index in [1.54, 1.807) is 0 Å². The first kappa shape index (κ1) is 20.0. The van der Waals surface area contributed by atoms with Crippen molar-refractivity contribution in [3.63, 3.8) is 0 Å². The molecule has 5 rings (SSSR count). The van der Waals surface area contributed by atoms with Crippen molar-refractivity contribution < 1.29 is 4.74 Å². The zero-order chi connectivity index (χ0) is 20.3. The van der Waals surface area contributed by atoms with Crippen LogP contribution in [0.15, 0.2) is 6.07 Å². The zero-order valence-corrected chi connectivity index (χ0v) is 18.4. The number of hydrogen-bond donors (Lipinski definition) is 1. The highest BCUT2D eigenvalue weighted by Gasteiger charge is 2.25. The minimum atomic E-state index is 0.454. The second-order valence-electron chi connectivity index (χ2n) is 9.59. The molecule has 2 aliphatic carbocycles.